The van der Waals surface area contributed by atoms with Crippen LogP contribution in [0.5, 0.6) is 0 Å². The summed E-state index contributed by atoms with van der Waals surface area (Å²) < 4.78 is 4.85. The largest absolute Gasteiger partial charge is 0.383 e. The predicted octanol–water partition coefficient (Wildman–Crippen LogP) is 0.376. The Morgan fingerprint density at radius 3 is 2.79 bits per heavy atom. The Hall–Kier alpha value is -1.30. The minimum atomic E-state index is -0.0220. The predicted molar refractivity (Wildman–Crippen MR) is 76.0 cm³/mol. The average Bonchev–Trinajstić information content (AvgIpc) is 2.40. The maximum atomic E-state index is 11.4. The molecule has 19 heavy (non-hydrogen) atoms. The number of ether oxygens (including phenoxy) is 1. The molecule has 0 heterocycles. The summed E-state index contributed by atoms with van der Waals surface area (Å²) in [5.41, 5.74) is 5.80. The van der Waals surface area contributed by atoms with Crippen molar-refractivity contribution < 1.29 is 9.53 Å². The molecule has 0 bridgehead atoms. The molecule has 1 saturated carbocycles. The molecule has 0 unspecified atom stereocenters. The number of aliphatic imine (C=N–C) groups is 1. The van der Waals surface area contributed by atoms with E-state index in [0.717, 1.165) is 12.8 Å². The number of carbonyl (C=O) groups excluding carboxylic acids is 1. The van der Waals surface area contributed by atoms with E-state index in [1.54, 1.807) is 7.11 Å². The first-order chi connectivity index (χ1) is 9.22. The van der Waals surface area contributed by atoms with Crippen molar-refractivity contribution in [2.24, 2.45) is 10.7 Å². The van der Waals surface area contributed by atoms with Gasteiger partial charge in [-0.15, -0.1) is 0 Å². The third-order valence-corrected chi connectivity index (χ3v) is 3.21. The number of nitrogens with two attached hydrogens (primary N) is 1. The lowest BCUT2D eigenvalue weighted by Crippen LogP contribution is -2.41. The summed E-state index contributed by atoms with van der Waals surface area (Å²) in [6.07, 6.45) is 6.51. The third-order valence-electron chi connectivity index (χ3n) is 3.21. The Bertz CT molecular complexity index is 288. The molecule has 1 aliphatic rings. The summed E-state index contributed by atoms with van der Waals surface area (Å²) >= 11 is 0. The van der Waals surface area contributed by atoms with Gasteiger partial charge in [-0.05, 0) is 12.8 Å². The lowest BCUT2D eigenvalue weighted by atomic mass is 9.96. The number of rotatable bonds is 7. The maximum absolute atomic E-state index is 11.4. The number of nitrogens with one attached hydrogen (secondary N) is 2. The molecule has 0 aliphatic heterocycles. The minimum absolute atomic E-state index is 0.0220. The van der Waals surface area contributed by atoms with E-state index in [0.29, 0.717) is 38.1 Å². The Kier molecular flexibility index (Phi) is 7.97. The van der Waals surface area contributed by atoms with Gasteiger partial charge in [-0.3, -0.25) is 9.79 Å². The summed E-state index contributed by atoms with van der Waals surface area (Å²) in [5, 5.41) is 5.97. The van der Waals surface area contributed by atoms with E-state index in [4.69, 9.17) is 10.5 Å². The first-order valence-corrected chi connectivity index (χ1v) is 7.04. The Balaban J connectivity index is 2.11. The zero-order chi connectivity index (χ0) is 13.9. The van der Waals surface area contributed by atoms with Gasteiger partial charge in [0.2, 0.25) is 5.91 Å². The van der Waals surface area contributed by atoms with Crippen LogP contribution in [0, 0.1) is 0 Å². The van der Waals surface area contributed by atoms with Crippen molar-refractivity contribution in [3.63, 3.8) is 0 Å². The van der Waals surface area contributed by atoms with Crippen LogP contribution < -0.4 is 16.4 Å². The van der Waals surface area contributed by atoms with Crippen molar-refractivity contribution in [2.75, 3.05) is 26.8 Å². The van der Waals surface area contributed by atoms with E-state index in [1.165, 1.54) is 19.3 Å². The van der Waals surface area contributed by atoms with Gasteiger partial charge < -0.3 is 21.1 Å². The van der Waals surface area contributed by atoms with E-state index in [1.807, 2.05) is 0 Å². The molecule has 0 spiro atoms. The topological polar surface area (TPSA) is 88.7 Å². The molecule has 0 radical (unpaired) electrons. The molecule has 0 aromatic heterocycles. The fraction of sp³-hybridized carbons (Fsp3) is 0.846. The van der Waals surface area contributed by atoms with Gasteiger partial charge in [0.15, 0.2) is 5.96 Å². The first-order valence-electron chi connectivity index (χ1n) is 7.04. The Morgan fingerprint density at radius 1 is 1.37 bits per heavy atom. The molecule has 0 saturated heterocycles. The Morgan fingerprint density at radius 2 is 2.11 bits per heavy atom. The van der Waals surface area contributed by atoms with E-state index in [2.05, 4.69) is 15.6 Å². The molecule has 0 aromatic rings. The molecule has 4 N–H and O–H groups in total. The van der Waals surface area contributed by atoms with Crippen LogP contribution in [0.2, 0.25) is 0 Å². The molecule has 1 rings (SSSR count). The van der Waals surface area contributed by atoms with Crippen molar-refractivity contribution in [1.82, 2.24) is 10.6 Å². The van der Waals surface area contributed by atoms with Crippen molar-refractivity contribution in [2.45, 2.75) is 44.6 Å². The number of amides is 1. The van der Waals surface area contributed by atoms with E-state index in [-0.39, 0.29) is 5.91 Å². The van der Waals surface area contributed by atoms with Gasteiger partial charge in [0.1, 0.15) is 0 Å². The standard InChI is InChI=1S/C13H26N4O2/c1-19-10-9-15-12(18)7-8-16-13(14)17-11-5-3-2-4-6-11/h11H,2-10H2,1H3,(H,15,18)(H3,14,16,17). The van der Waals surface area contributed by atoms with Gasteiger partial charge in [0, 0.05) is 26.1 Å². The zero-order valence-electron chi connectivity index (χ0n) is 11.8. The van der Waals surface area contributed by atoms with Crippen LogP contribution in [-0.2, 0) is 9.53 Å². The number of methoxy groups -OCH3 is 1. The number of hydrogen-bond acceptors (Lipinski definition) is 3. The fourth-order valence-corrected chi connectivity index (χ4v) is 2.16. The average molecular weight is 270 g/mol. The van der Waals surface area contributed by atoms with Crippen LogP contribution in [0.4, 0.5) is 0 Å². The highest BCUT2D eigenvalue weighted by molar-refractivity contribution is 5.79. The second kappa shape index (κ2) is 9.61. The highest BCUT2D eigenvalue weighted by Crippen LogP contribution is 2.16. The molecule has 1 amide bonds. The van der Waals surface area contributed by atoms with Gasteiger partial charge in [-0.1, -0.05) is 19.3 Å². The van der Waals surface area contributed by atoms with Crippen LogP contribution in [0.25, 0.3) is 0 Å². The number of guanidine groups is 1. The lowest BCUT2D eigenvalue weighted by Gasteiger charge is -2.23. The van der Waals surface area contributed by atoms with Crippen molar-refractivity contribution >= 4 is 11.9 Å². The molecule has 0 atom stereocenters. The number of hydrogen-bond donors (Lipinski definition) is 3. The minimum Gasteiger partial charge on any atom is -0.383 e. The monoisotopic (exact) mass is 270 g/mol. The van der Waals surface area contributed by atoms with Crippen molar-refractivity contribution in [1.29, 1.82) is 0 Å². The summed E-state index contributed by atoms with van der Waals surface area (Å²) in [4.78, 5) is 15.6. The van der Waals surface area contributed by atoms with Gasteiger partial charge in [0.05, 0.1) is 13.2 Å². The van der Waals surface area contributed by atoms with Crippen molar-refractivity contribution in [3.05, 3.63) is 0 Å². The van der Waals surface area contributed by atoms with E-state index in [9.17, 15) is 4.79 Å². The van der Waals surface area contributed by atoms with Crippen LogP contribution in [0.1, 0.15) is 38.5 Å². The maximum Gasteiger partial charge on any atom is 0.221 e. The highest BCUT2D eigenvalue weighted by Gasteiger charge is 2.13. The van der Waals surface area contributed by atoms with Crippen LogP contribution >= 0.6 is 0 Å². The summed E-state index contributed by atoms with van der Waals surface area (Å²) in [7, 11) is 1.61. The van der Waals surface area contributed by atoms with E-state index < -0.39 is 0 Å². The third kappa shape index (κ3) is 7.66. The molecular formula is C13H26N4O2. The lowest BCUT2D eigenvalue weighted by molar-refractivity contribution is -0.121. The normalized spacial score (nSPS) is 17.2. The highest BCUT2D eigenvalue weighted by atomic mass is 16.5. The van der Waals surface area contributed by atoms with Crippen molar-refractivity contribution in [3.8, 4) is 0 Å². The second-order valence-corrected chi connectivity index (χ2v) is 4.84. The van der Waals surface area contributed by atoms with Gasteiger partial charge in [-0.25, -0.2) is 0 Å². The smallest absolute Gasteiger partial charge is 0.221 e. The van der Waals surface area contributed by atoms with Crippen LogP contribution in [0.3, 0.4) is 0 Å². The van der Waals surface area contributed by atoms with Gasteiger partial charge >= 0.3 is 0 Å². The molecule has 1 fully saturated rings. The van der Waals surface area contributed by atoms with Crippen LogP contribution in [0.15, 0.2) is 4.99 Å². The molecule has 6 nitrogen and oxygen atoms in total. The Labute approximate surface area is 115 Å². The number of nitrogens with zero attached hydrogens (tertiary/aromatic N) is 1. The first kappa shape index (κ1) is 15.8. The molecule has 6 heteroatoms. The molecule has 1 aliphatic carbocycles. The number of carbonyl (C=O) groups is 1. The second-order valence-electron chi connectivity index (χ2n) is 4.84. The molecule has 0 aromatic carbocycles. The summed E-state index contributed by atoms with van der Waals surface area (Å²) in [6.45, 7) is 1.49. The van der Waals surface area contributed by atoms with Gasteiger partial charge in [0.25, 0.3) is 0 Å². The SMILES string of the molecule is COCCNC(=O)CCN=C(N)NC1CCCCC1. The quantitative estimate of drug-likeness (QED) is 0.354. The zero-order valence-corrected chi connectivity index (χ0v) is 11.8. The van der Waals surface area contributed by atoms with E-state index >= 15 is 0 Å². The van der Waals surface area contributed by atoms with Gasteiger partial charge in [-0.2, -0.15) is 0 Å². The summed E-state index contributed by atoms with van der Waals surface area (Å²) in [6, 6.07) is 0.452. The van der Waals surface area contributed by atoms with Crippen LogP contribution in [-0.4, -0.2) is 44.7 Å². The fourth-order valence-electron chi connectivity index (χ4n) is 2.16. The molecule has 110 valence electrons. The summed E-state index contributed by atoms with van der Waals surface area (Å²) in [5.74, 6) is 0.433. The molecular weight excluding hydrogens is 244 g/mol.